The molecule has 0 spiro atoms. The van der Waals surface area contributed by atoms with Crippen molar-refractivity contribution in [2.45, 2.75) is 37.8 Å². The van der Waals surface area contributed by atoms with E-state index in [1.165, 1.54) is 12.3 Å². The molecule has 29 heavy (non-hydrogen) atoms. The topological polar surface area (TPSA) is 98.4 Å². The van der Waals surface area contributed by atoms with E-state index in [2.05, 4.69) is 11.4 Å². The van der Waals surface area contributed by atoms with Gasteiger partial charge in [-0.1, -0.05) is 0 Å². The highest BCUT2D eigenvalue weighted by Crippen LogP contribution is 2.38. The number of pyridine rings is 1. The van der Waals surface area contributed by atoms with Gasteiger partial charge in [0.05, 0.1) is 23.7 Å². The first-order valence-electron chi connectivity index (χ1n) is 9.85. The van der Waals surface area contributed by atoms with Crippen molar-refractivity contribution in [2.75, 3.05) is 25.0 Å². The lowest BCUT2D eigenvalue weighted by Crippen LogP contribution is -2.35. The van der Waals surface area contributed by atoms with Crippen molar-refractivity contribution in [1.29, 1.82) is 5.26 Å². The van der Waals surface area contributed by atoms with Crippen LogP contribution in [0.2, 0.25) is 0 Å². The van der Waals surface area contributed by atoms with Gasteiger partial charge in [0.2, 0.25) is 5.43 Å². The van der Waals surface area contributed by atoms with E-state index in [1.54, 1.807) is 6.07 Å². The maximum atomic E-state index is 15.0. The molecule has 1 saturated carbocycles. The number of benzene rings is 1. The van der Waals surface area contributed by atoms with Crippen LogP contribution in [0.3, 0.4) is 0 Å². The summed E-state index contributed by atoms with van der Waals surface area (Å²) in [5, 5.41) is 21.6. The maximum Gasteiger partial charge on any atom is 0.341 e. The Hall–Kier alpha value is -2.92. The number of nitrogens with zero attached hydrogens (tertiary/aromatic N) is 3. The molecule has 2 unspecified atom stereocenters. The monoisotopic (exact) mass is 398 g/mol. The number of carboxylic acid groups (broad SMARTS) is 1. The number of nitrogens with one attached hydrogen (secondary N) is 1. The van der Waals surface area contributed by atoms with E-state index in [9.17, 15) is 19.1 Å². The summed E-state index contributed by atoms with van der Waals surface area (Å²) in [6.07, 6.45) is 4.45. The molecule has 1 saturated heterocycles. The molecule has 1 aliphatic heterocycles. The second-order valence-electron chi connectivity index (χ2n) is 7.89. The van der Waals surface area contributed by atoms with Crippen molar-refractivity contribution >= 4 is 22.6 Å². The summed E-state index contributed by atoms with van der Waals surface area (Å²) in [5.74, 6) is -1.59. The predicted molar refractivity (Wildman–Crippen MR) is 107 cm³/mol. The molecule has 152 valence electrons. The molecule has 1 aliphatic carbocycles. The normalized spacial score (nSPS) is 20.0. The number of nitriles is 1. The Morgan fingerprint density at radius 3 is 2.79 bits per heavy atom. The van der Waals surface area contributed by atoms with Gasteiger partial charge in [-0.2, -0.15) is 5.26 Å². The number of halogens is 1. The van der Waals surface area contributed by atoms with E-state index in [4.69, 9.17) is 5.26 Å². The summed E-state index contributed by atoms with van der Waals surface area (Å²) in [5.41, 5.74) is 0.0118. The molecule has 0 bridgehead atoms. The van der Waals surface area contributed by atoms with Gasteiger partial charge < -0.3 is 19.9 Å². The Bertz CT molecular complexity index is 1070. The van der Waals surface area contributed by atoms with Gasteiger partial charge in [0.25, 0.3) is 0 Å². The van der Waals surface area contributed by atoms with Crippen LogP contribution in [-0.2, 0) is 0 Å². The molecule has 1 aromatic carbocycles. The van der Waals surface area contributed by atoms with Crippen LogP contribution in [0.4, 0.5) is 10.1 Å². The zero-order valence-electron chi connectivity index (χ0n) is 16.2. The van der Waals surface area contributed by atoms with Gasteiger partial charge in [0.1, 0.15) is 11.4 Å². The number of aromatic carboxylic acids is 1. The molecule has 2 heterocycles. The Kier molecular flexibility index (Phi) is 5.01. The van der Waals surface area contributed by atoms with Gasteiger partial charge in [-0.05, 0) is 44.4 Å². The van der Waals surface area contributed by atoms with Crippen LogP contribution in [0, 0.1) is 23.1 Å². The highest BCUT2D eigenvalue weighted by molar-refractivity contribution is 5.93. The number of rotatable bonds is 6. The van der Waals surface area contributed by atoms with E-state index >= 15 is 0 Å². The first kappa shape index (κ1) is 19.4. The number of anilines is 1. The lowest BCUT2D eigenvalue weighted by Gasteiger charge is -2.24. The van der Waals surface area contributed by atoms with E-state index < -0.39 is 17.2 Å². The molecule has 1 aromatic heterocycles. The zero-order valence-corrected chi connectivity index (χ0v) is 16.2. The molecular formula is C21H23FN4O3. The Labute approximate surface area is 167 Å². The second kappa shape index (κ2) is 7.48. The molecule has 7 nitrogen and oxygen atoms in total. The van der Waals surface area contributed by atoms with Crippen LogP contribution in [-0.4, -0.2) is 41.8 Å². The Morgan fingerprint density at radius 2 is 2.17 bits per heavy atom. The quantitative estimate of drug-likeness (QED) is 0.776. The summed E-state index contributed by atoms with van der Waals surface area (Å²) in [7, 11) is 1.83. The third-order valence-corrected chi connectivity index (χ3v) is 6.09. The number of hydrogen-bond acceptors (Lipinski definition) is 5. The Morgan fingerprint density at radius 1 is 1.41 bits per heavy atom. The number of carboxylic acids is 1. The molecule has 2 fully saturated rings. The average molecular weight is 398 g/mol. The predicted octanol–water partition coefficient (Wildman–Crippen LogP) is 2.50. The first-order valence-corrected chi connectivity index (χ1v) is 9.85. The van der Waals surface area contributed by atoms with Gasteiger partial charge in [-0.15, -0.1) is 0 Å². The van der Waals surface area contributed by atoms with Crippen LogP contribution in [0.5, 0.6) is 0 Å². The van der Waals surface area contributed by atoms with E-state index in [-0.39, 0.29) is 29.0 Å². The summed E-state index contributed by atoms with van der Waals surface area (Å²) in [4.78, 5) is 26.0. The average Bonchev–Trinajstić information content (AvgIpc) is 3.43. The molecule has 2 aliphatic rings. The van der Waals surface area contributed by atoms with Crippen molar-refractivity contribution in [3.8, 4) is 6.07 Å². The lowest BCUT2D eigenvalue weighted by molar-refractivity contribution is 0.0695. The third-order valence-electron chi connectivity index (χ3n) is 6.09. The van der Waals surface area contributed by atoms with Crippen LogP contribution in [0.25, 0.3) is 10.9 Å². The largest absolute Gasteiger partial charge is 0.477 e. The summed E-state index contributed by atoms with van der Waals surface area (Å²) in [6, 6.07) is 5.24. The highest BCUT2D eigenvalue weighted by atomic mass is 19.1. The van der Waals surface area contributed by atoms with E-state index in [0.29, 0.717) is 30.7 Å². The van der Waals surface area contributed by atoms with Crippen molar-refractivity contribution in [3.05, 3.63) is 39.9 Å². The lowest BCUT2D eigenvalue weighted by atomic mass is 9.97. The number of hydrogen-bond donors (Lipinski definition) is 2. The summed E-state index contributed by atoms with van der Waals surface area (Å²) in [6.45, 7) is 1.29. The van der Waals surface area contributed by atoms with Crippen molar-refractivity contribution in [1.82, 2.24) is 9.88 Å². The second-order valence-corrected chi connectivity index (χ2v) is 7.89. The smallest absolute Gasteiger partial charge is 0.341 e. The van der Waals surface area contributed by atoms with Gasteiger partial charge in [-0.3, -0.25) is 4.79 Å². The van der Waals surface area contributed by atoms with Gasteiger partial charge in [0, 0.05) is 36.8 Å². The van der Waals surface area contributed by atoms with Gasteiger partial charge in [-0.25, -0.2) is 9.18 Å². The van der Waals surface area contributed by atoms with Gasteiger partial charge in [0.15, 0.2) is 0 Å². The fraction of sp³-hybridized carbons (Fsp3) is 0.476. The minimum Gasteiger partial charge on any atom is -0.477 e. The van der Waals surface area contributed by atoms with Crippen LogP contribution >= 0.6 is 0 Å². The number of aromatic nitrogens is 1. The van der Waals surface area contributed by atoms with Gasteiger partial charge >= 0.3 is 5.97 Å². The molecular weight excluding hydrogens is 375 g/mol. The Balaban J connectivity index is 1.76. The highest BCUT2D eigenvalue weighted by Gasteiger charge is 2.32. The summed E-state index contributed by atoms with van der Waals surface area (Å²) < 4.78 is 16.8. The molecule has 2 aromatic rings. The van der Waals surface area contributed by atoms with Crippen molar-refractivity contribution < 1.29 is 14.3 Å². The fourth-order valence-corrected chi connectivity index (χ4v) is 4.35. The molecule has 0 radical (unpaired) electrons. The van der Waals surface area contributed by atoms with E-state index in [0.717, 1.165) is 19.3 Å². The van der Waals surface area contributed by atoms with E-state index in [1.807, 2.05) is 16.5 Å². The molecule has 4 rings (SSSR count). The standard InChI is InChI=1S/C21H23FN4O3/c1-24-17(4-6-23)12-5-7-25(10-12)19-9-18-14(8-16(19)22)20(27)15(21(28)29)11-26(18)13-2-3-13/h8-9,11-13,17,24H,2-5,7,10H2,1H3,(H,28,29). The minimum atomic E-state index is -1.30. The number of carbonyl (C=O) groups is 1. The SMILES string of the molecule is CNC(CC#N)C1CCN(c2cc3c(cc2F)c(=O)c(C(=O)O)cn3C2CC2)C1. The van der Waals surface area contributed by atoms with Crippen LogP contribution < -0.4 is 15.6 Å². The van der Waals surface area contributed by atoms with Crippen LogP contribution in [0.1, 0.15) is 42.1 Å². The minimum absolute atomic E-state index is 0.0521. The third kappa shape index (κ3) is 3.47. The van der Waals surface area contributed by atoms with Crippen LogP contribution in [0.15, 0.2) is 23.1 Å². The van der Waals surface area contributed by atoms with Crippen molar-refractivity contribution in [2.24, 2.45) is 5.92 Å². The number of fused-ring (bicyclic) bond motifs is 1. The summed E-state index contributed by atoms with van der Waals surface area (Å²) >= 11 is 0. The maximum absolute atomic E-state index is 15.0. The van der Waals surface area contributed by atoms with Crippen molar-refractivity contribution in [3.63, 3.8) is 0 Å². The first-order chi connectivity index (χ1) is 13.9. The molecule has 0 amide bonds. The zero-order chi connectivity index (χ0) is 20.7. The molecule has 8 heteroatoms. The molecule has 2 N–H and O–H groups in total. The molecule has 2 atom stereocenters. The fourth-order valence-electron chi connectivity index (χ4n) is 4.35.